The molecule has 6 rings (SSSR count). The molecule has 11 heteroatoms. The molecule has 0 aliphatic carbocycles. The number of hydrogen-bond donors (Lipinski definition) is 1. The van der Waals surface area contributed by atoms with Crippen molar-refractivity contribution >= 4 is 41.7 Å². The lowest BCUT2D eigenvalue weighted by Crippen LogP contribution is -2.43. The number of aromatic nitrogens is 6. The second-order valence-electron chi connectivity index (χ2n) is 11.2. The molecule has 3 aromatic heterocycles. The Morgan fingerprint density at radius 2 is 1.90 bits per heavy atom. The fourth-order valence-electron chi connectivity index (χ4n) is 4.51. The van der Waals surface area contributed by atoms with Crippen LogP contribution in [0, 0.1) is 6.92 Å². The lowest BCUT2D eigenvalue weighted by molar-refractivity contribution is 0.0885. The second kappa shape index (κ2) is 10.3. The van der Waals surface area contributed by atoms with E-state index in [0.717, 1.165) is 48.2 Å². The molecule has 1 saturated heterocycles. The summed E-state index contributed by atoms with van der Waals surface area (Å²) in [6.45, 7) is 12.1. The Bertz CT molecular complexity index is 1660. The van der Waals surface area contributed by atoms with Crippen molar-refractivity contribution < 1.29 is 9.47 Å². The first-order valence-corrected chi connectivity index (χ1v) is 17.3. The summed E-state index contributed by atoms with van der Waals surface area (Å²) in [6.07, 6.45) is 5.57. The van der Waals surface area contributed by atoms with Gasteiger partial charge in [-0.3, -0.25) is 9.67 Å². The molecule has 1 fully saturated rings. The lowest BCUT2D eigenvalue weighted by atomic mass is 10.2. The topological polar surface area (TPSA) is 91.9 Å². The number of nitrogens with one attached hydrogen (secondary N) is 1. The summed E-state index contributed by atoms with van der Waals surface area (Å²) >= 11 is 6.85. The Labute approximate surface area is 233 Å². The normalized spacial score (nSPS) is 14.3. The van der Waals surface area contributed by atoms with Gasteiger partial charge >= 0.3 is 0 Å². The SMILES string of the molecule is Cc1nc2c(Oc3ccc4ncc(-c5cnn(C6CNC6)c5)nc4c3Cl)cccc2n1COCC[Si](C)(C)C. The van der Waals surface area contributed by atoms with Crippen molar-refractivity contribution in [2.24, 2.45) is 0 Å². The molecule has 39 heavy (non-hydrogen) atoms. The van der Waals surface area contributed by atoms with Crippen LogP contribution in [0.15, 0.2) is 48.9 Å². The van der Waals surface area contributed by atoms with E-state index < -0.39 is 8.07 Å². The van der Waals surface area contributed by atoms with E-state index >= 15 is 0 Å². The summed E-state index contributed by atoms with van der Waals surface area (Å²) in [5.41, 5.74) is 4.60. The van der Waals surface area contributed by atoms with Crippen LogP contribution < -0.4 is 10.1 Å². The van der Waals surface area contributed by atoms with Crippen molar-refractivity contribution in [2.45, 2.75) is 45.4 Å². The van der Waals surface area contributed by atoms with E-state index in [9.17, 15) is 0 Å². The highest BCUT2D eigenvalue weighted by atomic mass is 35.5. The van der Waals surface area contributed by atoms with Crippen molar-refractivity contribution in [2.75, 3.05) is 19.7 Å². The van der Waals surface area contributed by atoms with Crippen LogP contribution in [0.4, 0.5) is 0 Å². The number of fused-ring (bicyclic) bond motifs is 2. The number of hydrogen-bond acceptors (Lipinski definition) is 7. The van der Waals surface area contributed by atoms with Gasteiger partial charge in [-0.05, 0) is 37.2 Å². The number of benzene rings is 2. The third-order valence-electron chi connectivity index (χ3n) is 7.02. The Kier molecular flexibility index (Phi) is 6.88. The molecular formula is C28H32ClN7O2Si. The molecule has 0 bridgehead atoms. The van der Waals surface area contributed by atoms with Gasteiger partial charge < -0.3 is 19.4 Å². The molecule has 9 nitrogen and oxygen atoms in total. The van der Waals surface area contributed by atoms with Crippen molar-refractivity contribution in [1.29, 1.82) is 0 Å². The zero-order chi connectivity index (χ0) is 27.1. The average molecular weight is 562 g/mol. The Balaban J connectivity index is 1.27. The van der Waals surface area contributed by atoms with Crippen LogP contribution in [-0.2, 0) is 11.5 Å². The van der Waals surface area contributed by atoms with Gasteiger partial charge in [0, 0.05) is 39.5 Å². The highest BCUT2D eigenvalue weighted by Gasteiger charge is 2.21. The summed E-state index contributed by atoms with van der Waals surface area (Å²) in [5.74, 6) is 1.99. The predicted octanol–water partition coefficient (Wildman–Crippen LogP) is 6.05. The zero-order valence-electron chi connectivity index (χ0n) is 22.6. The van der Waals surface area contributed by atoms with Gasteiger partial charge in [-0.25, -0.2) is 9.97 Å². The van der Waals surface area contributed by atoms with E-state index in [4.69, 9.17) is 31.0 Å². The molecule has 1 aliphatic rings. The third kappa shape index (κ3) is 5.29. The first-order chi connectivity index (χ1) is 18.8. The maximum Gasteiger partial charge on any atom is 0.155 e. The van der Waals surface area contributed by atoms with E-state index in [1.807, 2.05) is 54.3 Å². The number of rotatable bonds is 9. The summed E-state index contributed by atoms with van der Waals surface area (Å²) < 4.78 is 16.4. The number of aryl methyl sites for hydroxylation is 1. The molecule has 5 aromatic rings. The van der Waals surface area contributed by atoms with Gasteiger partial charge in [-0.15, -0.1) is 0 Å². The van der Waals surface area contributed by atoms with Gasteiger partial charge in [0.15, 0.2) is 5.75 Å². The zero-order valence-corrected chi connectivity index (χ0v) is 24.4. The molecule has 0 amide bonds. The van der Waals surface area contributed by atoms with E-state index in [1.165, 1.54) is 0 Å². The predicted molar refractivity (Wildman–Crippen MR) is 156 cm³/mol. The van der Waals surface area contributed by atoms with Crippen LogP contribution in [0.2, 0.25) is 30.7 Å². The molecule has 1 N–H and O–H groups in total. The molecule has 1 aliphatic heterocycles. The largest absolute Gasteiger partial charge is 0.453 e. The maximum absolute atomic E-state index is 6.85. The van der Waals surface area contributed by atoms with E-state index in [1.54, 1.807) is 6.20 Å². The van der Waals surface area contributed by atoms with E-state index in [-0.39, 0.29) is 0 Å². The van der Waals surface area contributed by atoms with Gasteiger partial charge in [-0.1, -0.05) is 37.3 Å². The fraction of sp³-hybridized carbons (Fsp3) is 0.357. The van der Waals surface area contributed by atoms with Crippen molar-refractivity contribution in [3.8, 4) is 22.8 Å². The molecule has 4 heterocycles. The van der Waals surface area contributed by atoms with Crippen molar-refractivity contribution in [1.82, 2.24) is 34.6 Å². The molecule has 0 radical (unpaired) electrons. The lowest BCUT2D eigenvalue weighted by Gasteiger charge is -2.27. The minimum Gasteiger partial charge on any atom is -0.453 e. The number of para-hydroxylation sites is 1. The van der Waals surface area contributed by atoms with Gasteiger partial charge in [0.1, 0.15) is 34.4 Å². The summed E-state index contributed by atoms with van der Waals surface area (Å²) in [7, 11) is -1.15. The molecule has 202 valence electrons. The van der Waals surface area contributed by atoms with E-state index in [0.29, 0.717) is 46.0 Å². The standard InChI is InChI=1S/C28H32ClN7O2Si/c1-18-33-28-23(35(18)17-37-10-11-39(2,3)4)6-5-7-25(28)38-24-9-8-21-27(26(24)29)34-22(15-31-21)19-12-32-36(16-19)20-13-30-14-20/h5-9,12,15-16,20,30H,10-11,13-14,17H2,1-4H3. The van der Waals surface area contributed by atoms with Crippen LogP contribution >= 0.6 is 11.6 Å². The Hall–Kier alpha value is -3.31. The summed E-state index contributed by atoms with van der Waals surface area (Å²) in [6, 6.07) is 11.1. The maximum atomic E-state index is 6.85. The summed E-state index contributed by atoms with van der Waals surface area (Å²) in [4.78, 5) is 14.2. The Morgan fingerprint density at radius 1 is 1.05 bits per heavy atom. The van der Waals surface area contributed by atoms with Crippen LogP contribution in [0.5, 0.6) is 11.5 Å². The molecule has 0 atom stereocenters. The average Bonchev–Trinajstić information content (AvgIpc) is 3.47. The highest BCUT2D eigenvalue weighted by Crippen LogP contribution is 2.37. The first kappa shape index (κ1) is 25.9. The van der Waals surface area contributed by atoms with Gasteiger partial charge in [-0.2, -0.15) is 5.10 Å². The minimum atomic E-state index is -1.15. The summed E-state index contributed by atoms with van der Waals surface area (Å²) in [5, 5.41) is 8.17. The highest BCUT2D eigenvalue weighted by molar-refractivity contribution is 6.76. The van der Waals surface area contributed by atoms with Crippen LogP contribution in [-0.4, -0.2) is 57.1 Å². The first-order valence-electron chi connectivity index (χ1n) is 13.2. The fourth-order valence-corrected chi connectivity index (χ4v) is 5.51. The number of imidazole rings is 1. The number of nitrogens with zero attached hydrogens (tertiary/aromatic N) is 6. The van der Waals surface area contributed by atoms with Crippen LogP contribution in [0.25, 0.3) is 33.3 Å². The van der Waals surface area contributed by atoms with Crippen molar-refractivity contribution in [3.63, 3.8) is 0 Å². The monoisotopic (exact) mass is 561 g/mol. The molecule has 0 saturated carbocycles. The molecule has 0 spiro atoms. The Morgan fingerprint density at radius 3 is 2.67 bits per heavy atom. The minimum absolute atomic E-state index is 0.377. The molecular weight excluding hydrogens is 530 g/mol. The van der Waals surface area contributed by atoms with Gasteiger partial charge in [0.2, 0.25) is 0 Å². The quantitative estimate of drug-likeness (QED) is 0.173. The third-order valence-corrected chi connectivity index (χ3v) is 9.09. The van der Waals surface area contributed by atoms with Crippen LogP contribution in [0.1, 0.15) is 11.9 Å². The van der Waals surface area contributed by atoms with Crippen LogP contribution in [0.3, 0.4) is 0 Å². The smallest absolute Gasteiger partial charge is 0.155 e. The van der Waals surface area contributed by atoms with E-state index in [2.05, 4.69) is 39.6 Å². The number of halogens is 1. The van der Waals surface area contributed by atoms with Gasteiger partial charge in [0.05, 0.1) is 35.2 Å². The molecule has 2 aromatic carbocycles. The second-order valence-corrected chi connectivity index (χ2v) is 17.2. The van der Waals surface area contributed by atoms with Crippen molar-refractivity contribution in [3.05, 3.63) is 59.8 Å². The molecule has 0 unspecified atom stereocenters. The van der Waals surface area contributed by atoms with Gasteiger partial charge in [0.25, 0.3) is 0 Å². The number of ether oxygens (including phenoxy) is 2.